The van der Waals surface area contributed by atoms with Gasteiger partial charge < -0.3 is 0 Å². The second kappa shape index (κ2) is 5.79. The zero-order valence-electron chi connectivity index (χ0n) is 7.15. The lowest BCUT2D eigenvalue weighted by Gasteiger charge is -2.06. The lowest BCUT2D eigenvalue weighted by molar-refractivity contribution is 0.602. The highest BCUT2D eigenvalue weighted by molar-refractivity contribution is 6.19. The summed E-state index contributed by atoms with van der Waals surface area (Å²) in [6, 6.07) is 0. The summed E-state index contributed by atoms with van der Waals surface area (Å²) in [5, 5.41) is 0. The molecule has 0 saturated heterocycles. The van der Waals surface area contributed by atoms with Crippen LogP contribution in [0.5, 0.6) is 0 Å². The van der Waals surface area contributed by atoms with Crippen LogP contribution in [0.1, 0.15) is 33.6 Å². The van der Waals surface area contributed by atoms with E-state index in [9.17, 15) is 0 Å². The van der Waals surface area contributed by atoms with Gasteiger partial charge in [-0.25, -0.2) is 0 Å². The SMILES string of the molecule is CCC(C=C(C)CCl)CC. The predicted molar refractivity (Wildman–Crippen MR) is 48.5 cm³/mol. The Bertz CT molecular complexity index is 101. The molecule has 0 rings (SSSR count). The largest absolute Gasteiger partial charge is 0.122 e. The van der Waals surface area contributed by atoms with E-state index < -0.39 is 0 Å². The van der Waals surface area contributed by atoms with Crippen molar-refractivity contribution >= 4 is 11.6 Å². The molecule has 0 heterocycles. The van der Waals surface area contributed by atoms with Crippen LogP contribution in [0.2, 0.25) is 0 Å². The maximum Gasteiger partial charge on any atom is 0.0430 e. The quantitative estimate of drug-likeness (QED) is 0.436. The van der Waals surface area contributed by atoms with Gasteiger partial charge in [0.15, 0.2) is 0 Å². The van der Waals surface area contributed by atoms with E-state index in [2.05, 4.69) is 26.8 Å². The van der Waals surface area contributed by atoms with Crippen molar-refractivity contribution in [2.75, 3.05) is 5.88 Å². The van der Waals surface area contributed by atoms with Gasteiger partial charge in [-0.2, -0.15) is 0 Å². The molecule has 0 bridgehead atoms. The van der Waals surface area contributed by atoms with Crippen molar-refractivity contribution in [3.05, 3.63) is 11.6 Å². The maximum absolute atomic E-state index is 5.64. The average Bonchev–Trinajstić information content (AvgIpc) is 1.99. The van der Waals surface area contributed by atoms with Crippen molar-refractivity contribution in [3.63, 3.8) is 0 Å². The lowest BCUT2D eigenvalue weighted by atomic mass is 10.0. The number of rotatable bonds is 4. The van der Waals surface area contributed by atoms with Gasteiger partial charge in [-0.15, -0.1) is 11.6 Å². The van der Waals surface area contributed by atoms with Crippen LogP contribution in [0.3, 0.4) is 0 Å². The van der Waals surface area contributed by atoms with Crippen molar-refractivity contribution in [3.8, 4) is 0 Å². The summed E-state index contributed by atoms with van der Waals surface area (Å²) in [5.74, 6) is 1.41. The third kappa shape index (κ3) is 3.94. The van der Waals surface area contributed by atoms with Crippen LogP contribution in [0, 0.1) is 5.92 Å². The molecule has 60 valence electrons. The first kappa shape index (κ1) is 10.0. The molecule has 1 heteroatoms. The highest BCUT2D eigenvalue weighted by atomic mass is 35.5. The fourth-order valence-corrected chi connectivity index (χ4v) is 1.06. The van der Waals surface area contributed by atoms with E-state index in [-0.39, 0.29) is 0 Å². The first-order valence-corrected chi connectivity index (χ1v) is 4.51. The van der Waals surface area contributed by atoms with Crippen LogP contribution in [-0.2, 0) is 0 Å². The van der Waals surface area contributed by atoms with E-state index in [1.54, 1.807) is 0 Å². The Kier molecular flexibility index (Phi) is 5.81. The Morgan fingerprint density at radius 2 is 1.90 bits per heavy atom. The number of halogens is 1. The predicted octanol–water partition coefficient (Wildman–Crippen LogP) is 3.61. The van der Waals surface area contributed by atoms with Crippen LogP contribution >= 0.6 is 11.6 Å². The summed E-state index contributed by atoms with van der Waals surface area (Å²) < 4.78 is 0. The fourth-order valence-electron chi connectivity index (χ4n) is 0.971. The van der Waals surface area contributed by atoms with Gasteiger partial charge in [-0.05, 0) is 25.7 Å². The zero-order chi connectivity index (χ0) is 7.98. The van der Waals surface area contributed by atoms with Crippen molar-refractivity contribution in [1.82, 2.24) is 0 Å². The standard InChI is InChI=1S/C9H17Cl/c1-4-9(5-2)6-8(3)7-10/h6,9H,4-5,7H2,1-3H3. The molecule has 0 aliphatic rings. The monoisotopic (exact) mass is 160 g/mol. The molecular formula is C9H17Cl. The Balaban J connectivity index is 3.80. The lowest BCUT2D eigenvalue weighted by Crippen LogP contribution is -1.93. The molecule has 0 unspecified atom stereocenters. The van der Waals surface area contributed by atoms with E-state index in [4.69, 9.17) is 11.6 Å². The van der Waals surface area contributed by atoms with Crippen LogP contribution in [0.15, 0.2) is 11.6 Å². The van der Waals surface area contributed by atoms with Gasteiger partial charge in [0.1, 0.15) is 0 Å². The maximum atomic E-state index is 5.64. The van der Waals surface area contributed by atoms with Crippen LogP contribution in [0.4, 0.5) is 0 Å². The minimum atomic E-state index is 0.677. The highest BCUT2D eigenvalue weighted by Crippen LogP contribution is 2.12. The zero-order valence-corrected chi connectivity index (χ0v) is 7.91. The van der Waals surface area contributed by atoms with Gasteiger partial charge in [0.2, 0.25) is 0 Å². The molecule has 0 aliphatic carbocycles. The van der Waals surface area contributed by atoms with Gasteiger partial charge >= 0.3 is 0 Å². The molecule has 0 fully saturated rings. The van der Waals surface area contributed by atoms with Gasteiger partial charge in [-0.1, -0.05) is 25.5 Å². The summed E-state index contributed by atoms with van der Waals surface area (Å²) in [5.41, 5.74) is 1.30. The second-order valence-electron chi connectivity index (χ2n) is 2.72. The van der Waals surface area contributed by atoms with Crippen molar-refractivity contribution < 1.29 is 0 Å². The normalized spacial score (nSPS) is 12.7. The van der Waals surface area contributed by atoms with Gasteiger partial charge in [-0.3, -0.25) is 0 Å². The summed E-state index contributed by atoms with van der Waals surface area (Å²) in [6.07, 6.45) is 4.74. The van der Waals surface area contributed by atoms with Crippen molar-refractivity contribution in [2.24, 2.45) is 5.92 Å². The molecule has 10 heavy (non-hydrogen) atoms. The van der Waals surface area contributed by atoms with Crippen LogP contribution < -0.4 is 0 Å². The first-order valence-electron chi connectivity index (χ1n) is 3.97. The Morgan fingerprint density at radius 3 is 2.20 bits per heavy atom. The third-order valence-corrected chi connectivity index (χ3v) is 2.20. The van der Waals surface area contributed by atoms with E-state index in [1.165, 1.54) is 18.4 Å². The van der Waals surface area contributed by atoms with Gasteiger partial charge in [0.25, 0.3) is 0 Å². The molecule has 0 atom stereocenters. The minimum Gasteiger partial charge on any atom is -0.122 e. The molecule has 0 radical (unpaired) electrons. The van der Waals surface area contributed by atoms with Gasteiger partial charge in [0, 0.05) is 5.88 Å². The second-order valence-corrected chi connectivity index (χ2v) is 2.99. The summed E-state index contributed by atoms with van der Waals surface area (Å²) in [6.45, 7) is 6.52. The summed E-state index contributed by atoms with van der Waals surface area (Å²) in [4.78, 5) is 0. The van der Waals surface area contributed by atoms with E-state index in [0.717, 1.165) is 5.92 Å². The van der Waals surface area contributed by atoms with Crippen molar-refractivity contribution in [1.29, 1.82) is 0 Å². The number of hydrogen-bond donors (Lipinski definition) is 0. The number of alkyl halides is 1. The molecule has 0 amide bonds. The summed E-state index contributed by atoms with van der Waals surface area (Å²) >= 11 is 5.64. The molecule has 0 N–H and O–H groups in total. The molecular weight excluding hydrogens is 144 g/mol. The van der Waals surface area contributed by atoms with Crippen LogP contribution in [-0.4, -0.2) is 5.88 Å². The summed E-state index contributed by atoms with van der Waals surface area (Å²) in [7, 11) is 0. The van der Waals surface area contributed by atoms with E-state index in [1.807, 2.05) is 0 Å². The molecule has 0 aromatic carbocycles. The smallest absolute Gasteiger partial charge is 0.0430 e. The number of hydrogen-bond acceptors (Lipinski definition) is 0. The van der Waals surface area contributed by atoms with Gasteiger partial charge in [0.05, 0.1) is 0 Å². The van der Waals surface area contributed by atoms with Crippen molar-refractivity contribution in [2.45, 2.75) is 33.6 Å². The average molecular weight is 161 g/mol. The highest BCUT2D eigenvalue weighted by Gasteiger charge is 1.98. The molecule has 0 nitrogen and oxygen atoms in total. The molecule has 0 spiro atoms. The fraction of sp³-hybridized carbons (Fsp3) is 0.778. The number of allylic oxidation sites excluding steroid dienone is 2. The van der Waals surface area contributed by atoms with E-state index in [0.29, 0.717) is 5.88 Å². The molecule has 0 aromatic heterocycles. The van der Waals surface area contributed by atoms with E-state index >= 15 is 0 Å². The minimum absolute atomic E-state index is 0.677. The molecule has 0 aromatic rings. The first-order chi connectivity index (χ1) is 4.74. The molecule has 0 aliphatic heterocycles. The Labute approximate surface area is 69.3 Å². The van der Waals surface area contributed by atoms with Crippen LogP contribution in [0.25, 0.3) is 0 Å². The topological polar surface area (TPSA) is 0 Å². The molecule has 0 saturated carbocycles. The Hall–Kier alpha value is 0.0300. The Morgan fingerprint density at radius 1 is 1.40 bits per heavy atom. The third-order valence-electron chi connectivity index (χ3n) is 1.78.